The van der Waals surface area contributed by atoms with Crippen LogP contribution < -0.4 is 0 Å². The summed E-state index contributed by atoms with van der Waals surface area (Å²) in [5, 5.41) is 8.59. The van der Waals surface area contributed by atoms with Gasteiger partial charge in [0.1, 0.15) is 23.0 Å². The molecule has 0 aliphatic carbocycles. The predicted octanol–water partition coefficient (Wildman–Crippen LogP) is 3.68. The number of aliphatic carboxylic acids is 1. The van der Waals surface area contributed by atoms with E-state index in [1.165, 1.54) is 0 Å². The van der Waals surface area contributed by atoms with Crippen molar-refractivity contribution in [2.24, 2.45) is 0 Å². The van der Waals surface area contributed by atoms with Gasteiger partial charge in [0.25, 0.3) is 0 Å². The van der Waals surface area contributed by atoms with E-state index in [1.54, 1.807) is 18.2 Å². The van der Waals surface area contributed by atoms with Crippen LogP contribution in [0.15, 0.2) is 57.4 Å². The number of hydrogen-bond donors (Lipinski definition) is 1. The molecule has 1 atom stereocenters. The van der Waals surface area contributed by atoms with Crippen LogP contribution in [0.1, 0.15) is 23.0 Å². The van der Waals surface area contributed by atoms with Crippen LogP contribution in [0.4, 0.5) is 0 Å². The minimum absolute atomic E-state index is 0.172. The maximum atomic E-state index is 11.5. The van der Waals surface area contributed by atoms with Crippen LogP contribution in [0.5, 0.6) is 0 Å². The topological polar surface area (TPSA) is 93.5 Å². The summed E-state index contributed by atoms with van der Waals surface area (Å²) >= 11 is 0. The highest BCUT2D eigenvalue weighted by Gasteiger charge is 2.13. The highest BCUT2D eigenvalue weighted by Crippen LogP contribution is 2.23. The summed E-state index contributed by atoms with van der Waals surface area (Å²) in [4.78, 5) is 15.0. The summed E-state index contributed by atoms with van der Waals surface area (Å²) in [7, 11) is -1.42. The molecule has 0 aliphatic rings. The molecular weight excluding hydrogens is 366 g/mol. The monoisotopic (exact) mass is 385 g/mol. The molecule has 0 amide bonds. The molecule has 1 aromatic carbocycles. The molecule has 0 fully saturated rings. The fourth-order valence-electron chi connectivity index (χ4n) is 2.51. The molecule has 0 spiro atoms. The smallest absolute Gasteiger partial charge is 0.316 e. The van der Waals surface area contributed by atoms with Gasteiger partial charge >= 0.3 is 5.97 Å². The third-order valence-electron chi connectivity index (χ3n) is 3.79. The first-order valence-corrected chi connectivity index (χ1v) is 9.84. The van der Waals surface area contributed by atoms with Gasteiger partial charge < -0.3 is 13.9 Å². The summed E-state index contributed by atoms with van der Waals surface area (Å²) in [5.74, 6) is 1.41. The molecule has 2 aromatic heterocycles. The van der Waals surface area contributed by atoms with Crippen molar-refractivity contribution in [2.45, 2.75) is 13.3 Å². The van der Waals surface area contributed by atoms with Crippen LogP contribution in [-0.4, -0.2) is 31.8 Å². The first kappa shape index (κ1) is 18.8. The van der Waals surface area contributed by atoms with Crippen molar-refractivity contribution in [3.05, 3.63) is 71.5 Å². The van der Waals surface area contributed by atoms with Crippen molar-refractivity contribution in [2.75, 3.05) is 11.5 Å². The van der Waals surface area contributed by atoms with Crippen LogP contribution >= 0.6 is 0 Å². The van der Waals surface area contributed by atoms with Gasteiger partial charge in [-0.1, -0.05) is 24.3 Å². The maximum absolute atomic E-state index is 11.5. The molecule has 6 nitrogen and oxygen atoms in total. The Bertz CT molecular complexity index is 971. The molecule has 27 heavy (non-hydrogen) atoms. The van der Waals surface area contributed by atoms with Crippen LogP contribution in [0.3, 0.4) is 0 Å². The van der Waals surface area contributed by atoms with Crippen LogP contribution in [-0.2, 0) is 22.0 Å². The van der Waals surface area contributed by atoms with Crippen molar-refractivity contribution in [3.63, 3.8) is 0 Å². The van der Waals surface area contributed by atoms with Gasteiger partial charge in [0.05, 0.1) is 12.1 Å². The Hall–Kier alpha value is -2.93. The first-order chi connectivity index (χ1) is 13.0. The summed E-state index contributed by atoms with van der Waals surface area (Å²) in [6.45, 7) is 1.87. The fraction of sp³-hybridized carbons (Fsp3) is 0.200. The van der Waals surface area contributed by atoms with E-state index >= 15 is 0 Å². The Morgan fingerprint density at radius 3 is 2.70 bits per heavy atom. The number of aryl methyl sites for hydroxylation is 1. The van der Waals surface area contributed by atoms with Gasteiger partial charge in [-0.25, -0.2) is 4.98 Å². The Morgan fingerprint density at radius 2 is 1.96 bits per heavy atom. The number of nitrogens with zero attached hydrogens (tertiary/aromatic N) is 1. The van der Waals surface area contributed by atoms with Gasteiger partial charge in [-0.2, -0.15) is 0 Å². The molecule has 0 bridgehead atoms. The van der Waals surface area contributed by atoms with Crippen LogP contribution in [0.2, 0.25) is 0 Å². The average molecular weight is 385 g/mol. The lowest BCUT2D eigenvalue weighted by Gasteiger charge is -1.94. The summed E-state index contributed by atoms with van der Waals surface area (Å²) in [6.07, 6.45) is 3.84. The fourth-order valence-corrected chi connectivity index (χ4v) is 3.21. The lowest BCUT2D eigenvalue weighted by atomic mass is 10.2. The van der Waals surface area contributed by atoms with Crippen LogP contribution in [0, 0.1) is 6.92 Å². The second-order valence-corrected chi connectivity index (χ2v) is 7.42. The predicted molar refractivity (Wildman–Crippen MR) is 103 cm³/mol. The lowest BCUT2D eigenvalue weighted by Crippen LogP contribution is -2.10. The Balaban J connectivity index is 1.63. The number of carbonyl (C=O) groups is 1. The third-order valence-corrected chi connectivity index (χ3v) is 4.92. The molecule has 2 heterocycles. The second kappa shape index (κ2) is 8.64. The van der Waals surface area contributed by atoms with Crippen LogP contribution in [0.25, 0.3) is 17.5 Å². The number of aromatic nitrogens is 1. The van der Waals surface area contributed by atoms with E-state index < -0.39 is 16.8 Å². The number of carboxylic acid groups (broad SMARTS) is 1. The molecule has 0 radical (unpaired) electrons. The third kappa shape index (κ3) is 5.27. The van der Waals surface area contributed by atoms with Crippen molar-refractivity contribution < 1.29 is 22.9 Å². The van der Waals surface area contributed by atoms with Gasteiger partial charge in [0.15, 0.2) is 0 Å². The second-order valence-electron chi connectivity index (χ2n) is 5.92. The number of rotatable bonds is 8. The summed E-state index contributed by atoms with van der Waals surface area (Å²) in [5.41, 5.74) is 1.73. The molecule has 7 heteroatoms. The van der Waals surface area contributed by atoms with E-state index in [0.717, 1.165) is 22.8 Å². The normalized spacial score (nSPS) is 12.5. The van der Waals surface area contributed by atoms with E-state index in [0.29, 0.717) is 18.1 Å². The quantitative estimate of drug-likeness (QED) is 0.636. The molecular formula is C20H19NO5S. The summed E-state index contributed by atoms with van der Waals surface area (Å²) in [6, 6.07) is 13.4. The van der Waals surface area contributed by atoms with E-state index in [-0.39, 0.29) is 11.5 Å². The van der Waals surface area contributed by atoms with Crippen molar-refractivity contribution >= 4 is 22.8 Å². The molecule has 3 aromatic rings. The zero-order valence-electron chi connectivity index (χ0n) is 14.8. The van der Waals surface area contributed by atoms with E-state index in [4.69, 9.17) is 13.9 Å². The Labute approximate surface area is 159 Å². The zero-order chi connectivity index (χ0) is 19.2. The minimum Gasteiger partial charge on any atom is -0.481 e. The highest BCUT2D eigenvalue weighted by atomic mass is 32.2. The Morgan fingerprint density at radius 1 is 1.19 bits per heavy atom. The Kier molecular flexibility index (Phi) is 6.03. The highest BCUT2D eigenvalue weighted by molar-refractivity contribution is 7.85. The maximum Gasteiger partial charge on any atom is 0.316 e. The van der Waals surface area contributed by atoms with Crippen molar-refractivity contribution in [3.8, 4) is 11.5 Å². The largest absolute Gasteiger partial charge is 0.481 e. The van der Waals surface area contributed by atoms with E-state index in [2.05, 4.69) is 4.98 Å². The minimum atomic E-state index is -1.42. The molecule has 0 saturated heterocycles. The zero-order valence-corrected chi connectivity index (χ0v) is 15.6. The number of benzene rings is 1. The number of carboxylic acids is 1. The van der Waals surface area contributed by atoms with Crippen molar-refractivity contribution in [1.29, 1.82) is 0 Å². The average Bonchev–Trinajstić information content (AvgIpc) is 3.22. The van der Waals surface area contributed by atoms with Gasteiger partial charge in [0.2, 0.25) is 5.89 Å². The summed E-state index contributed by atoms with van der Waals surface area (Å²) < 4.78 is 23.0. The molecule has 3 rings (SSSR count). The first-order valence-electron chi connectivity index (χ1n) is 8.35. The lowest BCUT2D eigenvalue weighted by molar-refractivity contribution is -0.133. The molecule has 140 valence electrons. The van der Waals surface area contributed by atoms with Gasteiger partial charge in [-0.15, -0.1) is 0 Å². The standard InChI is InChI=1S/C20H19NO5S/c1-14-18(21-20(25-14)15-6-3-2-4-7-15)12-17-10-9-16(26-17)8-5-11-27(24)13-19(22)23/h2-10H,11-13H2,1H3,(H,22,23). The SMILES string of the molecule is Cc1oc(-c2ccccc2)nc1Cc1ccc(C=CCS(=O)CC(=O)O)o1. The number of oxazole rings is 1. The van der Waals surface area contributed by atoms with Gasteiger partial charge in [-0.05, 0) is 37.3 Å². The van der Waals surface area contributed by atoms with Crippen molar-refractivity contribution in [1.82, 2.24) is 4.98 Å². The molecule has 0 saturated carbocycles. The molecule has 0 aliphatic heterocycles. The molecule has 1 N–H and O–H groups in total. The number of hydrogen-bond acceptors (Lipinski definition) is 5. The van der Waals surface area contributed by atoms with Gasteiger partial charge in [0, 0.05) is 22.1 Å². The number of furan rings is 1. The van der Waals surface area contributed by atoms with E-state index in [1.807, 2.05) is 43.3 Å². The molecule has 1 unspecified atom stereocenters. The van der Waals surface area contributed by atoms with E-state index in [9.17, 15) is 9.00 Å². The van der Waals surface area contributed by atoms with Gasteiger partial charge in [-0.3, -0.25) is 9.00 Å².